The largest absolute Gasteiger partial charge is 0.348 e. The molecule has 0 aromatic carbocycles. The van der Waals surface area contributed by atoms with Gasteiger partial charge >= 0.3 is 0 Å². The molecule has 2 aromatic rings. The zero-order chi connectivity index (χ0) is 19.0. The van der Waals surface area contributed by atoms with E-state index < -0.39 is 5.56 Å². The van der Waals surface area contributed by atoms with Crippen LogP contribution in [0.4, 0.5) is 5.95 Å². The normalized spacial score (nSPS) is 13.1. The topological polar surface area (TPSA) is 126 Å². The molecule has 0 saturated heterocycles. The molecule has 2 aromatic heterocycles. The first-order valence-electron chi connectivity index (χ1n) is 8.04. The summed E-state index contributed by atoms with van der Waals surface area (Å²) in [5.74, 6) is 0.115. The summed E-state index contributed by atoms with van der Waals surface area (Å²) in [5.41, 5.74) is 0.975. The molecule has 1 amide bonds. The second-order valence-corrected chi connectivity index (χ2v) is 6.35. The molecule has 0 fully saturated rings. The van der Waals surface area contributed by atoms with Crippen LogP contribution in [0.2, 0.25) is 0 Å². The van der Waals surface area contributed by atoms with Gasteiger partial charge in [0.05, 0.1) is 17.8 Å². The first-order valence-corrected chi connectivity index (χ1v) is 8.04. The Kier molecular flexibility index (Phi) is 4.34. The summed E-state index contributed by atoms with van der Waals surface area (Å²) in [6.07, 6.45) is 0.393. The van der Waals surface area contributed by atoms with Crippen LogP contribution < -0.4 is 16.0 Å². The third-order valence-electron chi connectivity index (χ3n) is 4.36. The quantitative estimate of drug-likeness (QED) is 0.776. The van der Waals surface area contributed by atoms with E-state index in [0.717, 1.165) is 0 Å². The SMILES string of the molecule is Cc1[nH]c(=O)c(C#N)cc1C(=O)N1CCc2c(nc(N(C)C)[nH]c2=O)C1. The fraction of sp³-hybridized carbons (Fsp3) is 0.353. The second kappa shape index (κ2) is 6.48. The van der Waals surface area contributed by atoms with Gasteiger partial charge in [-0.3, -0.25) is 19.4 Å². The number of aromatic nitrogens is 3. The van der Waals surface area contributed by atoms with Crippen LogP contribution in [-0.4, -0.2) is 46.4 Å². The molecule has 0 aliphatic carbocycles. The Morgan fingerprint density at radius 2 is 2.04 bits per heavy atom. The van der Waals surface area contributed by atoms with Gasteiger partial charge in [-0.1, -0.05) is 0 Å². The number of nitrogens with zero attached hydrogens (tertiary/aromatic N) is 4. The molecule has 0 unspecified atom stereocenters. The number of nitrogens with one attached hydrogen (secondary N) is 2. The molecule has 26 heavy (non-hydrogen) atoms. The van der Waals surface area contributed by atoms with Crippen molar-refractivity contribution in [2.24, 2.45) is 0 Å². The van der Waals surface area contributed by atoms with E-state index in [1.54, 1.807) is 36.9 Å². The Balaban J connectivity index is 1.96. The lowest BCUT2D eigenvalue weighted by Crippen LogP contribution is -2.40. The number of amides is 1. The molecule has 1 aliphatic heterocycles. The van der Waals surface area contributed by atoms with Crippen LogP contribution in [0.3, 0.4) is 0 Å². The lowest BCUT2D eigenvalue weighted by atomic mass is 10.0. The average Bonchev–Trinajstić information content (AvgIpc) is 2.60. The van der Waals surface area contributed by atoms with E-state index in [0.29, 0.717) is 35.9 Å². The summed E-state index contributed by atoms with van der Waals surface area (Å²) in [7, 11) is 3.53. The van der Waals surface area contributed by atoms with E-state index in [4.69, 9.17) is 5.26 Å². The van der Waals surface area contributed by atoms with Crippen LogP contribution in [0.5, 0.6) is 0 Å². The second-order valence-electron chi connectivity index (χ2n) is 6.35. The van der Waals surface area contributed by atoms with Crippen molar-refractivity contribution in [3.8, 4) is 6.07 Å². The van der Waals surface area contributed by atoms with Crippen molar-refractivity contribution in [1.82, 2.24) is 19.9 Å². The van der Waals surface area contributed by atoms with E-state index >= 15 is 0 Å². The molecule has 0 atom stereocenters. The Labute approximate surface area is 148 Å². The first-order chi connectivity index (χ1) is 12.3. The summed E-state index contributed by atoms with van der Waals surface area (Å²) in [4.78, 5) is 49.7. The molecule has 9 heteroatoms. The monoisotopic (exact) mass is 354 g/mol. The number of hydrogen-bond acceptors (Lipinski definition) is 6. The molecule has 0 saturated carbocycles. The minimum absolute atomic E-state index is 0.110. The molecule has 3 heterocycles. The van der Waals surface area contributed by atoms with Gasteiger partial charge in [-0.2, -0.15) is 5.26 Å². The number of carbonyl (C=O) groups excluding carboxylic acids is 1. The summed E-state index contributed by atoms with van der Waals surface area (Å²) in [6.45, 7) is 2.17. The highest BCUT2D eigenvalue weighted by Gasteiger charge is 2.27. The lowest BCUT2D eigenvalue weighted by molar-refractivity contribution is 0.0730. The van der Waals surface area contributed by atoms with Gasteiger partial charge in [0.2, 0.25) is 5.95 Å². The van der Waals surface area contributed by atoms with E-state index in [1.165, 1.54) is 6.07 Å². The molecule has 0 bridgehead atoms. The number of hydrogen-bond donors (Lipinski definition) is 2. The molecule has 9 nitrogen and oxygen atoms in total. The van der Waals surface area contributed by atoms with Crippen LogP contribution in [0.25, 0.3) is 0 Å². The van der Waals surface area contributed by atoms with Gasteiger partial charge in [-0.05, 0) is 19.4 Å². The summed E-state index contributed by atoms with van der Waals surface area (Å²) >= 11 is 0. The highest BCUT2D eigenvalue weighted by Crippen LogP contribution is 2.19. The van der Waals surface area contributed by atoms with Crippen LogP contribution in [0.15, 0.2) is 15.7 Å². The van der Waals surface area contributed by atoms with Crippen molar-refractivity contribution >= 4 is 11.9 Å². The molecular formula is C17H18N6O3. The minimum atomic E-state index is -0.519. The Hall–Kier alpha value is -3.41. The van der Waals surface area contributed by atoms with Gasteiger partial charge in [0.15, 0.2) is 0 Å². The number of anilines is 1. The van der Waals surface area contributed by atoms with Gasteiger partial charge in [-0.25, -0.2) is 4.98 Å². The number of fused-ring (bicyclic) bond motifs is 1. The maximum absolute atomic E-state index is 12.9. The van der Waals surface area contributed by atoms with Crippen LogP contribution in [0.1, 0.15) is 32.9 Å². The standard InChI is InChI=1S/C17H18N6O3/c1-9-12(6-10(7-18)14(24)19-9)16(26)23-5-4-11-13(8-23)20-17(22(2)3)21-15(11)25/h6H,4-5,8H2,1-3H3,(H,19,24)(H,20,21,25). The van der Waals surface area contributed by atoms with Crippen molar-refractivity contribution in [1.29, 1.82) is 5.26 Å². The maximum atomic E-state index is 12.9. The van der Waals surface area contributed by atoms with Crippen molar-refractivity contribution < 1.29 is 4.79 Å². The highest BCUT2D eigenvalue weighted by atomic mass is 16.2. The van der Waals surface area contributed by atoms with Gasteiger partial charge in [0, 0.05) is 31.9 Å². The number of aryl methyl sites for hydroxylation is 1. The number of nitriles is 1. The van der Waals surface area contributed by atoms with Crippen molar-refractivity contribution in [2.45, 2.75) is 19.9 Å². The zero-order valence-corrected chi connectivity index (χ0v) is 14.7. The van der Waals surface area contributed by atoms with Crippen molar-refractivity contribution in [3.05, 3.63) is 54.9 Å². The number of H-pyrrole nitrogens is 2. The molecule has 134 valence electrons. The highest BCUT2D eigenvalue weighted by molar-refractivity contribution is 5.95. The summed E-state index contributed by atoms with van der Waals surface area (Å²) in [6, 6.07) is 3.09. The molecule has 2 N–H and O–H groups in total. The lowest BCUT2D eigenvalue weighted by Gasteiger charge is -2.28. The maximum Gasteiger partial charge on any atom is 0.266 e. The zero-order valence-electron chi connectivity index (χ0n) is 14.7. The summed E-state index contributed by atoms with van der Waals surface area (Å²) < 4.78 is 0. The summed E-state index contributed by atoms with van der Waals surface area (Å²) in [5, 5.41) is 9.02. The van der Waals surface area contributed by atoms with E-state index in [2.05, 4.69) is 15.0 Å². The minimum Gasteiger partial charge on any atom is -0.348 e. The third-order valence-corrected chi connectivity index (χ3v) is 4.36. The molecule has 1 aliphatic rings. The van der Waals surface area contributed by atoms with Crippen molar-refractivity contribution in [3.63, 3.8) is 0 Å². The van der Waals surface area contributed by atoms with E-state index in [1.807, 2.05) is 0 Å². The Morgan fingerprint density at radius 3 is 2.69 bits per heavy atom. The Morgan fingerprint density at radius 1 is 1.31 bits per heavy atom. The number of rotatable bonds is 2. The fourth-order valence-corrected chi connectivity index (χ4v) is 2.91. The van der Waals surface area contributed by atoms with E-state index in [-0.39, 0.29) is 29.1 Å². The van der Waals surface area contributed by atoms with Gasteiger partial charge < -0.3 is 14.8 Å². The molecule has 3 rings (SSSR count). The fourth-order valence-electron chi connectivity index (χ4n) is 2.91. The van der Waals surface area contributed by atoms with Crippen LogP contribution >= 0.6 is 0 Å². The van der Waals surface area contributed by atoms with E-state index in [9.17, 15) is 14.4 Å². The molecule has 0 spiro atoms. The predicted molar refractivity (Wildman–Crippen MR) is 94.1 cm³/mol. The van der Waals surface area contributed by atoms with Crippen molar-refractivity contribution in [2.75, 3.05) is 25.5 Å². The van der Waals surface area contributed by atoms with Crippen LogP contribution in [0, 0.1) is 18.3 Å². The van der Waals surface area contributed by atoms with Gasteiger partial charge in [0.1, 0.15) is 11.6 Å². The van der Waals surface area contributed by atoms with Gasteiger partial charge in [0.25, 0.3) is 17.0 Å². The van der Waals surface area contributed by atoms with Crippen LogP contribution in [-0.2, 0) is 13.0 Å². The predicted octanol–water partition coefficient (Wildman–Crippen LogP) is -0.0972. The first kappa shape index (κ1) is 17.4. The Bertz CT molecular complexity index is 1040. The average molecular weight is 354 g/mol. The number of pyridine rings is 1. The smallest absolute Gasteiger partial charge is 0.266 e. The molecule has 0 radical (unpaired) electrons. The number of carbonyl (C=O) groups is 1. The number of aromatic amines is 2. The molecular weight excluding hydrogens is 336 g/mol. The van der Waals surface area contributed by atoms with Gasteiger partial charge in [-0.15, -0.1) is 0 Å². The third kappa shape index (κ3) is 2.97.